The van der Waals surface area contributed by atoms with Gasteiger partial charge in [-0.1, -0.05) is 11.6 Å². The third kappa shape index (κ3) is 3.54. The van der Waals surface area contributed by atoms with E-state index >= 15 is 0 Å². The zero-order chi connectivity index (χ0) is 8.10. The monoisotopic (exact) mass is 156 g/mol. The van der Waals surface area contributed by atoms with E-state index in [1.54, 1.807) is 0 Å². The molecule has 1 atom stereocenters. The predicted molar refractivity (Wildman–Crippen MR) is 44.6 cm³/mol. The first-order valence-electron chi connectivity index (χ1n) is 4.12. The summed E-state index contributed by atoms with van der Waals surface area (Å²) in [6.07, 6.45) is 3.62. The van der Waals surface area contributed by atoms with Crippen molar-refractivity contribution in [3.05, 3.63) is 11.6 Å². The van der Waals surface area contributed by atoms with Gasteiger partial charge < -0.3 is 9.47 Å². The van der Waals surface area contributed by atoms with Gasteiger partial charge in [0.2, 0.25) is 0 Å². The normalized spacial score (nSPS) is 22.5. The van der Waals surface area contributed by atoms with Crippen LogP contribution in [0.25, 0.3) is 0 Å². The molecule has 0 amide bonds. The molecule has 64 valence electrons. The van der Waals surface area contributed by atoms with Crippen LogP contribution in [0.2, 0.25) is 0 Å². The highest BCUT2D eigenvalue weighted by Gasteiger charge is 2.17. The molecular weight excluding hydrogens is 140 g/mol. The first kappa shape index (κ1) is 8.75. The van der Waals surface area contributed by atoms with Crippen LogP contribution in [0.5, 0.6) is 0 Å². The number of allylic oxidation sites excluding steroid dienone is 1. The molecule has 0 aromatic carbocycles. The molecule has 1 unspecified atom stereocenters. The molecule has 0 saturated carbocycles. The summed E-state index contributed by atoms with van der Waals surface area (Å²) >= 11 is 0. The van der Waals surface area contributed by atoms with Gasteiger partial charge in [-0.05, 0) is 20.3 Å². The molecule has 0 N–H and O–H groups in total. The van der Waals surface area contributed by atoms with Crippen molar-refractivity contribution < 1.29 is 9.47 Å². The van der Waals surface area contributed by atoms with Crippen LogP contribution < -0.4 is 0 Å². The largest absolute Gasteiger partial charge is 0.376 e. The molecule has 2 nitrogen and oxygen atoms in total. The Labute approximate surface area is 68.2 Å². The van der Waals surface area contributed by atoms with Gasteiger partial charge in [-0.15, -0.1) is 0 Å². The summed E-state index contributed by atoms with van der Waals surface area (Å²) in [4.78, 5) is 0. The number of hydrogen-bond acceptors (Lipinski definition) is 2. The topological polar surface area (TPSA) is 18.5 Å². The molecule has 0 spiro atoms. The summed E-state index contributed by atoms with van der Waals surface area (Å²) in [5, 5.41) is 0. The fourth-order valence-electron chi connectivity index (χ4n) is 0.841. The summed E-state index contributed by atoms with van der Waals surface area (Å²) in [7, 11) is 0. The molecule has 0 radical (unpaired) electrons. The van der Waals surface area contributed by atoms with Crippen molar-refractivity contribution in [2.24, 2.45) is 0 Å². The van der Waals surface area contributed by atoms with Crippen molar-refractivity contribution in [1.82, 2.24) is 0 Å². The van der Waals surface area contributed by atoms with Gasteiger partial charge in [0.1, 0.15) is 0 Å². The highest BCUT2D eigenvalue weighted by molar-refractivity contribution is 4.92. The molecule has 1 heterocycles. The Morgan fingerprint density at radius 1 is 1.64 bits per heavy atom. The average molecular weight is 156 g/mol. The quantitative estimate of drug-likeness (QED) is 0.456. The Balaban J connectivity index is 1.91. The summed E-state index contributed by atoms with van der Waals surface area (Å²) in [6.45, 7) is 6.54. The molecule has 2 heteroatoms. The molecule has 1 fully saturated rings. The van der Waals surface area contributed by atoms with E-state index in [0.717, 1.165) is 26.2 Å². The van der Waals surface area contributed by atoms with E-state index in [2.05, 4.69) is 19.9 Å². The second-order valence-electron chi connectivity index (χ2n) is 3.10. The molecule has 1 rings (SSSR count). The predicted octanol–water partition coefficient (Wildman–Crippen LogP) is 1.76. The zero-order valence-electron chi connectivity index (χ0n) is 7.30. The van der Waals surface area contributed by atoms with Crippen LogP contribution in [-0.4, -0.2) is 25.9 Å². The SMILES string of the molecule is CC(C)=CCOCC1CCO1. The lowest BCUT2D eigenvalue weighted by Crippen LogP contribution is -2.31. The van der Waals surface area contributed by atoms with Gasteiger partial charge in [0, 0.05) is 6.61 Å². The van der Waals surface area contributed by atoms with Crippen LogP contribution in [0.4, 0.5) is 0 Å². The Kier molecular flexibility index (Phi) is 3.60. The fraction of sp³-hybridized carbons (Fsp3) is 0.778. The van der Waals surface area contributed by atoms with Gasteiger partial charge in [-0.2, -0.15) is 0 Å². The van der Waals surface area contributed by atoms with Gasteiger partial charge in [0.25, 0.3) is 0 Å². The van der Waals surface area contributed by atoms with E-state index in [4.69, 9.17) is 9.47 Å². The minimum atomic E-state index is 0.376. The molecular formula is C9H16O2. The van der Waals surface area contributed by atoms with E-state index in [-0.39, 0.29) is 0 Å². The third-order valence-electron chi connectivity index (χ3n) is 1.71. The fourth-order valence-corrected chi connectivity index (χ4v) is 0.841. The lowest BCUT2D eigenvalue weighted by molar-refractivity contribution is -0.0902. The Bertz CT molecular complexity index is 132. The Morgan fingerprint density at radius 2 is 2.36 bits per heavy atom. The van der Waals surface area contributed by atoms with Crippen LogP contribution in [-0.2, 0) is 9.47 Å². The molecule has 1 aliphatic heterocycles. The minimum Gasteiger partial charge on any atom is -0.376 e. The van der Waals surface area contributed by atoms with Crippen molar-refractivity contribution in [2.45, 2.75) is 26.4 Å². The van der Waals surface area contributed by atoms with Crippen LogP contribution >= 0.6 is 0 Å². The molecule has 1 saturated heterocycles. The first-order chi connectivity index (χ1) is 5.29. The van der Waals surface area contributed by atoms with E-state index in [1.807, 2.05) is 0 Å². The molecule has 1 aliphatic rings. The van der Waals surface area contributed by atoms with Crippen LogP contribution in [0.15, 0.2) is 11.6 Å². The minimum absolute atomic E-state index is 0.376. The van der Waals surface area contributed by atoms with Gasteiger partial charge in [0.05, 0.1) is 19.3 Å². The second-order valence-corrected chi connectivity index (χ2v) is 3.10. The summed E-state index contributed by atoms with van der Waals surface area (Å²) < 4.78 is 10.5. The summed E-state index contributed by atoms with van der Waals surface area (Å²) in [6, 6.07) is 0. The molecule has 0 aliphatic carbocycles. The number of rotatable bonds is 4. The summed E-state index contributed by atoms with van der Waals surface area (Å²) in [5.41, 5.74) is 1.31. The van der Waals surface area contributed by atoms with Gasteiger partial charge in [0.15, 0.2) is 0 Å². The van der Waals surface area contributed by atoms with E-state index in [1.165, 1.54) is 5.57 Å². The average Bonchev–Trinajstić information content (AvgIpc) is 1.82. The van der Waals surface area contributed by atoms with Crippen molar-refractivity contribution >= 4 is 0 Å². The Morgan fingerprint density at radius 3 is 2.82 bits per heavy atom. The summed E-state index contributed by atoms with van der Waals surface area (Å²) in [5.74, 6) is 0. The van der Waals surface area contributed by atoms with Crippen molar-refractivity contribution in [3.8, 4) is 0 Å². The number of hydrogen-bond donors (Lipinski definition) is 0. The molecule has 0 aromatic heterocycles. The zero-order valence-corrected chi connectivity index (χ0v) is 7.30. The highest BCUT2D eigenvalue weighted by atomic mass is 16.5. The van der Waals surface area contributed by atoms with Crippen LogP contribution in [0.3, 0.4) is 0 Å². The second kappa shape index (κ2) is 4.52. The van der Waals surface area contributed by atoms with Crippen molar-refractivity contribution in [1.29, 1.82) is 0 Å². The highest BCUT2D eigenvalue weighted by Crippen LogP contribution is 2.10. The molecule has 0 aromatic rings. The maximum Gasteiger partial charge on any atom is 0.0830 e. The number of ether oxygens (including phenoxy) is 2. The third-order valence-corrected chi connectivity index (χ3v) is 1.71. The van der Waals surface area contributed by atoms with Gasteiger partial charge >= 0.3 is 0 Å². The van der Waals surface area contributed by atoms with Crippen molar-refractivity contribution in [2.75, 3.05) is 19.8 Å². The first-order valence-corrected chi connectivity index (χ1v) is 4.12. The smallest absolute Gasteiger partial charge is 0.0830 e. The van der Waals surface area contributed by atoms with Gasteiger partial charge in [-0.3, -0.25) is 0 Å². The maximum atomic E-state index is 5.35. The van der Waals surface area contributed by atoms with E-state index < -0.39 is 0 Å². The van der Waals surface area contributed by atoms with Crippen LogP contribution in [0, 0.1) is 0 Å². The lowest BCUT2D eigenvalue weighted by atomic mass is 10.2. The van der Waals surface area contributed by atoms with Crippen molar-refractivity contribution in [3.63, 3.8) is 0 Å². The standard InChI is InChI=1S/C9H16O2/c1-8(2)3-5-10-7-9-4-6-11-9/h3,9H,4-7H2,1-2H3. The van der Waals surface area contributed by atoms with E-state index in [9.17, 15) is 0 Å². The maximum absolute atomic E-state index is 5.35. The molecule has 11 heavy (non-hydrogen) atoms. The van der Waals surface area contributed by atoms with Gasteiger partial charge in [-0.25, -0.2) is 0 Å². The molecule has 0 bridgehead atoms. The Hall–Kier alpha value is -0.340. The van der Waals surface area contributed by atoms with E-state index in [0.29, 0.717) is 6.10 Å². The van der Waals surface area contributed by atoms with Crippen LogP contribution in [0.1, 0.15) is 20.3 Å². The lowest BCUT2D eigenvalue weighted by Gasteiger charge is -2.25.